The smallest absolute Gasteiger partial charge is 0.320 e. The summed E-state index contributed by atoms with van der Waals surface area (Å²) in [5.74, 6) is 0.595. The highest BCUT2D eigenvalue weighted by Gasteiger charge is 2.07. The molecule has 0 aromatic carbocycles. The molecule has 2 N–H and O–H groups in total. The Bertz CT molecular complexity index is 692. The molecule has 0 unspecified atom stereocenters. The van der Waals surface area contributed by atoms with Crippen molar-refractivity contribution in [1.82, 2.24) is 20.0 Å². The second kappa shape index (κ2) is 8.49. The van der Waals surface area contributed by atoms with Crippen molar-refractivity contribution in [2.24, 2.45) is 0 Å². The van der Waals surface area contributed by atoms with Gasteiger partial charge in [0.15, 0.2) is 5.82 Å². The molecule has 7 nitrogen and oxygen atoms in total. The summed E-state index contributed by atoms with van der Waals surface area (Å²) in [6.07, 6.45) is 2.98. The third-order valence-corrected chi connectivity index (χ3v) is 4.38. The highest BCUT2D eigenvalue weighted by molar-refractivity contribution is 7.11. The van der Waals surface area contributed by atoms with E-state index in [9.17, 15) is 9.59 Å². The van der Waals surface area contributed by atoms with E-state index in [0.717, 1.165) is 4.88 Å². The average Bonchev–Trinajstić information content (AvgIpc) is 3.14. The van der Waals surface area contributed by atoms with Crippen LogP contribution < -0.4 is 10.6 Å². The van der Waals surface area contributed by atoms with E-state index in [0.29, 0.717) is 31.7 Å². The maximum absolute atomic E-state index is 11.9. The van der Waals surface area contributed by atoms with Crippen LogP contribution in [0.15, 0.2) is 24.4 Å². The Morgan fingerprint density at radius 1 is 1.29 bits per heavy atom. The minimum Gasteiger partial charge on any atom is -0.349 e. The van der Waals surface area contributed by atoms with E-state index >= 15 is 0 Å². The molecule has 0 saturated carbocycles. The number of aromatic nitrogens is 2. The van der Waals surface area contributed by atoms with Crippen LogP contribution in [0.25, 0.3) is 0 Å². The van der Waals surface area contributed by atoms with Gasteiger partial charge in [-0.3, -0.25) is 14.8 Å². The molecule has 0 fully saturated rings. The molecule has 8 heteroatoms. The third-order valence-electron chi connectivity index (χ3n) is 3.38. The fourth-order valence-electron chi connectivity index (χ4n) is 2.08. The van der Waals surface area contributed by atoms with E-state index in [1.807, 2.05) is 19.1 Å². The van der Waals surface area contributed by atoms with Gasteiger partial charge >= 0.3 is 6.03 Å². The summed E-state index contributed by atoms with van der Waals surface area (Å²) in [6.45, 7) is 3.17. The van der Waals surface area contributed by atoms with Gasteiger partial charge in [-0.25, -0.2) is 4.79 Å². The van der Waals surface area contributed by atoms with Gasteiger partial charge in [-0.05, 0) is 25.5 Å². The number of rotatable bonds is 7. The Morgan fingerprint density at radius 2 is 2.08 bits per heavy atom. The molecular formula is C16H23N5O2S. The molecule has 0 aliphatic heterocycles. The SMILES string of the molecule is Cc1ccc(CNC(=O)Nc2ccn(CCCC(=O)N(C)C)n2)s1. The zero-order chi connectivity index (χ0) is 17.5. The molecule has 0 atom stereocenters. The van der Waals surface area contributed by atoms with Gasteiger partial charge in [0.2, 0.25) is 5.91 Å². The maximum Gasteiger partial charge on any atom is 0.320 e. The topological polar surface area (TPSA) is 79.3 Å². The predicted molar refractivity (Wildman–Crippen MR) is 95.1 cm³/mol. The number of hydrogen-bond acceptors (Lipinski definition) is 4. The maximum atomic E-state index is 11.9. The number of amides is 3. The highest BCUT2D eigenvalue weighted by Crippen LogP contribution is 2.14. The van der Waals surface area contributed by atoms with E-state index < -0.39 is 0 Å². The van der Waals surface area contributed by atoms with Crippen molar-refractivity contribution < 1.29 is 9.59 Å². The number of aryl methyl sites for hydroxylation is 2. The number of carbonyl (C=O) groups is 2. The van der Waals surface area contributed by atoms with Gasteiger partial charge in [0.05, 0.1) is 6.54 Å². The van der Waals surface area contributed by atoms with Crippen molar-refractivity contribution in [3.63, 3.8) is 0 Å². The van der Waals surface area contributed by atoms with Crippen molar-refractivity contribution in [3.8, 4) is 0 Å². The average molecular weight is 349 g/mol. The predicted octanol–water partition coefficient (Wildman–Crippen LogP) is 2.44. The number of nitrogens with one attached hydrogen (secondary N) is 2. The van der Waals surface area contributed by atoms with Crippen molar-refractivity contribution in [3.05, 3.63) is 34.2 Å². The molecular weight excluding hydrogens is 326 g/mol. The van der Waals surface area contributed by atoms with Crippen LogP contribution >= 0.6 is 11.3 Å². The van der Waals surface area contributed by atoms with Crippen LogP contribution in [0.3, 0.4) is 0 Å². The molecule has 2 heterocycles. The van der Waals surface area contributed by atoms with Crippen LogP contribution in [0.5, 0.6) is 0 Å². The summed E-state index contributed by atoms with van der Waals surface area (Å²) >= 11 is 1.66. The number of anilines is 1. The number of carbonyl (C=O) groups excluding carboxylic acids is 2. The zero-order valence-electron chi connectivity index (χ0n) is 14.2. The van der Waals surface area contributed by atoms with E-state index in [-0.39, 0.29) is 11.9 Å². The highest BCUT2D eigenvalue weighted by atomic mass is 32.1. The van der Waals surface area contributed by atoms with Gasteiger partial charge in [-0.2, -0.15) is 5.10 Å². The monoisotopic (exact) mass is 349 g/mol. The largest absolute Gasteiger partial charge is 0.349 e. The van der Waals surface area contributed by atoms with Crippen LogP contribution in [0, 0.1) is 6.92 Å². The van der Waals surface area contributed by atoms with Crippen molar-refractivity contribution >= 4 is 29.1 Å². The Kier molecular flexibility index (Phi) is 6.36. The number of thiophene rings is 1. The molecule has 0 aliphatic carbocycles. The molecule has 24 heavy (non-hydrogen) atoms. The molecule has 0 spiro atoms. The molecule has 2 aromatic heterocycles. The Labute approximate surface area is 145 Å². The molecule has 0 bridgehead atoms. The summed E-state index contributed by atoms with van der Waals surface area (Å²) in [5, 5.41) is 9.78. The van der Waals surface area contributed by atoms with Gasteiger partial charge in [-0.15, -0.1) is 11.3 Å². The number of nitrogens with zero attached hydrogens (tertiary/aromatic N) is 3. The summed E-state index contributed by atoms with van der Waals surface area (Å²) in [4.78, 5) is 27.3. The first kappa shape index (κ1) is 18.0. The van der Waals surface area contributed by atoms with Crippen molar-refractivity contribution in [1.29, 1.82) is 0 Å². The quantitative estimate of drug-likeness (QED) is 0.806. The molecule has 0 aliphatic rings. The second-order valence-electron chi connectivity index (χ2n) is 5.68. The molecule has 0 saturated heterocycles. The first-order valence-corrected chi connectivity index (χ1v) is 8.59. The Morgan fingerprint density at radius 3 is 2.75 bits per heavy atom. The summed E-state index contributed by atoms with van der Waals surface area (Å²) in [5.41, 5.74) is 0. The molecule has 2 rings (SSSR count). The first-order valence-electron chi connectivity index (χ1n) is 7.78. The lowest BCUT2D eigenvalue weighted by atomic mass is 10.3. The standard InChI is InChI=1S/C16H23N5O2S/c1-12-6-7-13(24-12)11-17-16(23)18-14-8-10-21(19-14)9-4-5-15(22)20(2)3/h6-8,10H,4-5,9,11H2,1-3H3,(H2,17,18,19,23). The van der Waals surface area contributed by atoms with Gasteiger partial charge in [0.1, 0.15) is 0 Å². The summed E-state index contributed by atoms with van der Waals surface area (Å²) < 4.78 is 1.72. The summed E-state index contributed by atoms with van der Waals surface area (Å²) in [7, 11) is 3.49. The van der Waals surface area contributed by atoms with Crippen molar-refractivity contribution in [2.75, 3.05) is 19.4 Å². The van der Waals surface area contributed by atoms with Crippen molar-refractivity contribution in [2.45, 2.75) is 32.9 Å². The third kappa shape index (κ3) is 5.69. The lowest BCUT2D eigenvalue weighted by molar-refractivity contribution is -0.128. The Hall–Kier alpha value is -2.35. The van der Waals surface area contributed by atoms with Gasteiger partial charge < -0.3 is 10.2 Å². The number of hydrogen-bond donors (Lipinski definition) is 2. The molecule has 130 valence electrons. The first-order chi connectivity index (χ1) is 11.4. The van der Waals surface area contributed by atoms with E-state index in [4.69, 9.17) is 0 Å². The lowest BCUT2D eigenvalue weighted by Gasteiger charge is -2.09. The Balaban J connectivity index is 1.72. The van der Waals surface area contributed by atoms with Crippen LogP contribution in [-0.2, 0) is 17.9 Å². The van der Waals surface area contributed by atoms with Crippen LogP contribution in [0.2, 0.25) is 0 Å². The lowest BCUT2D eigenvalue weighted by Crippen LogP contribution is -2.28. The minimum atomic E-state index is -0.283. The van der Waals surface area contributed by atoms with Crippen LogP contribution in [-0.4, -0.2) is 40.7 Å². The fraction of sp³-hybridized carbons (Fsp3) is 0.438. The second-order valence-corrected chi connectivity index (χ2v) is 7.05. The van der Waals surface area contributed by atoms with E-state index in [2.05, 4.69) is 15.7 Å². The minimum absolute atomic E-state index is 0.101. The summed E-state index contributed by atoms with van der Waals surface area (Å²) in [6, 6.07) is 5.49. The number of urea groups is 1. The van der Waals surface area contributed by atoms with Gasteiger partial charge in [0, 0.05) is 49.1 Å². The van der Waals surface area contributed by atoms with E-state index in [1.165, 1.54) is 4.88 Å². The normalized spacial score (nSPS) is 10.5. The van der Waals surface area contributed by atoms with E-state index in [1.54, 1.807) is 47.3 Å². The zero-order valence-corrected chi connectivity index (χ0v) is 15.0. The molecule has 2 aromatic rings. The molecule has 0 radical (unpaired) electrons. The molecule has 3 amide bonds. The van der Waals surface area contributed by atoms with Crippen LogP contribution in [0.4, 0.5) is 10.6 Å². The van der Waals surface area contributed by atoms with Gasteiger partial charge in [-0.1, -0.05) is 0 Å². The fourth-order valence-corrected chi connectivity index (χ4v) is 2.91. The van der Waals surface area contributed by atoms with Crippen LogP contribution in [0.1, 0.15) is 22.6 Å². The van der Waals surface area contributed by atoms with Gasteiger partial charge in [0.25, 0.3) is 0 Å².